The van der Waals surface area contributed by atoms with E-state index < -0.39 is 12.0 Å². The fraction of sp³-hybridized carbons (Fsp3) is 0.533. The van der Waals surface area contributed by atoms with Gasteiger partial charge >= 0.3 is 5.97 Å². The maximum absolute atomic E-state index is 11.4. The second-order valence-corrected chi connectivity index (χ2v) is 5.49. The molecule has 2 atom stereocenters. The molecule has 0 bridgehead atoms. The van der Waals surface area contributed by atoms with Gasteiger partial charge in [0.1, 0.15) is 6.04 Å². The molecule has 110 valence electrons. The molecule has 1 fully saturated rings. The van der Waals surface area contributed by atoms with E-state index in [2.05, 4.69) is 29.2 Å². The van der Waals surface area contributed by atoms with Gasteiger partial charge in [-0.1, -0.05) is 30.3 Å². The zero-order valence-corrected chi connectivity index (χ0v) is 12.1. The van der Waals surface area contributed by atoms with Gasteiger partial charge in [-0.05, 0) is 19.7 Å². The van der Waals surface area contributed by atoms with Crippen molar-refractivity contribution in [3.8, 4) is 0 Å². The lowest BCUT2D eigenvalue weighted by atomic mass is 10.1. The van der Waals surface area contributed by atoms with Gasteiger partial charge in [-0.25, -0.2) is 0 Å². The summed E-state index contributed by atoms with van der Waals surface area (Å²) < 4.78 is 0. The molecule has 0 radical (unpaired) electrons. The first-order valence-electron chi connectivity index (χ1n) is 6.98. The number of carboxylic acids is 1. The Morgan fingerprint density at radius 1 is 1.35 bits per heavy atom. The summed E-state index contributed by atoms with van der Waals surface area (Å²) in [6, 6.07) is 9.04. The Morgan fingerprint density at radius 2 is 2.05 bits per heavy atom. The van der Waals surface area contributed by atoms with Crippen LogP contribution in [0.3, 0.4) is 0 Å². The Labute approximate surface area is 120 Å². The molecule has 2 rings (SSSR count). The van der Waals surface area contributed by atoms with Crippen molar-refractivity contribution in [3.63, 3.8) is 0 Å². The third-order valence-electron chi connectivity index (χ3n) is 3.92. The van der Waals surface area contributed by atoms with Crippen molar-refractivity contribution in [1.82, 2.24) is 15.1 Å². The Bertz CT molecular complexity index is 438. The zero-order chi connectivity index (χ0) is 14.5. The second-order valence-electron chi connectivity index (χ2n) is 5.49. The highest BCUT2D eigenvalue weighted by Crippen LogP contribution is 2.13. The van der Waals surface area contributed by atoms with Crippen LogP contribution in [0.4, 0.5) is 0 Å². The number of carboxylic acid groups (broad SMARTS) is 1. The maximum Gasteiger partial charge on any atom is 0.325 e. The minimum Gasteiger partial charge on any atom is -0.480 e. The summed E-state index contributed by atoms with van der Waals surface area (Å²) in [5.74, 6) is -0.831. The minimum atomic E-state index is -0.831. The summed E-state index contributed by atoms with van der Waals surface area (Å²) in [6.07, 6.45) is 0. The molecule has 2 unspecified atom stereocenters. The van der Waals surface area contributed by atoms with Crippen molar-refractivity contribution in [2.75, 3.05) is 40.3 Å². The zero-order valence-electron chi connectivity index (χ0n) is 12.1. The van der Waals surface area contributed by atoms with Gasteiger partial charge < -0.3 is 10.0 Å². The number of carbonyl (C=O) groups is 1. The summed E-state index contributed by atoms with van der Waals surface area (Å²) in [7, 11) is 4.20. The van der Waals surface area contributed by atoms with E-state index in [1.54, 1.807) is 0 Å². The molecule has 5 nitrogen and oxygen atoms in total. The molecule has 0 spiro atoms. The monoisotopic (exact) mass is 277 g/mol. The molecule has 20 heavy (non-hydrogen) atoms. The number of benzene rings is 1. The number of nitrogens with zero attached hydrogens (tertiary/aromatic N) is 2. The average Bonchev–Trinajstić information content (AvgIpc) is 2.43. The quantitative estimate of drug-likeness (QED) is 0.827. The van der Waals surface area contributed by atoms with Crippen LogP contribution in [0.15, 0.2) is 30.3 Å². The third-order valence-corrected chi connectivity index (χ3v) is 3.92. The van der Waals surface area contributed by atoms with Gasteiger partial charge in [-0.15, -0.1) is 0 Å². The number of aliphatic carboxylic acids is 1. The van der Waals surface area contributed by atoms with Crippen molar-refractivity contribution in [2.45, 2.75) is 12.1 Å². The van der Waals surface area contributed by atoms with E-state index in [9.17, 15) is 9.90 Å². The molecule has 1 aromatic carbocycles. The van der Waals surface area contributed by atoms with Crippen molar-refractivity contribution >= 4 is 5.97 Å². The van der Waals surface area contributed by atoms with Crippen LogP contribution >= 0.6 is 0 Å². The van der Waals surface area contributed by atoms with E-state index in [-0.39, 0.29) is 0 Å². The van der Waals surface area contributed by atoms with Crippen LogP contribution in [-0.2, 0) is 4.79 Å². The van der Waals surface area contributed by atoms with Crippen molar-refractivity contribution in [1.29, 1.82) is 0 Å². The Balaban J connectivity index is 1.97. The molecule has 5 heteroatoms. The van der Waals surface area contributed by atoms with Crippen LogP contribution in [0, 0.1) is 0 Å². The van der Waals surface area contributed by atoms with Crippen molar-refractivity contribution in [3.05, 3.63) is 35.9 Å². The Morgan fingerprint density at radius 3 is 2.70 bits per heavy atom. The number of piperazine rings is 1. The van der Waals surface area contributed by atoms with Gasteiger partial charge in [-0.3, -0.25) is 15.0 Å². The third kappa shape index (κ3) is 3.79. The number of hydrogen-bond donors (Lipinski definition) is 2. The molecule has 1 aliphatic rings. The van der Waals surface area contributed by atoms with E-state index in [0.29, 0.717) is 12.6 Å². The number of likely N-dealkylation sites (N-methyl/N-ethyl adjacent to an activating group) is 2. The SMILES string of the molecule is CN1CCN(C)C(CNC(C(=O)O)c2ccccc2)C1. The highest BCUT2D eigenvalue weighted by atomic mass is 16.4. The summed E-state index contributed by atoms with van der Waals surface area (Å²) in [4.78, 5) is 16.0. The van der Waals surface area contributed by atoms with Crippen LogP contribution in [0.5, 0.6) is 0 Å². The lowest BCUT2D eigenvalue weighted by Crippen LogP contribution is -2.54. The summed E-state index contributed by atoms with van der Waals surface area (Å²) in [5.41, 5.74) is 0.798. The lowest BCUT2D eigenvalue weighted by Gasteiger charge is -2.38. The predicted octanol–water partition coefficient (Wildman–Crippen LogP) is 0.648. The standard InChI is InChI=1S/C15H23N3O2/c1-17-8-9-18(2)13(11-17)10-16-14(15(19)20)12-6-4-3-5-7-12/h3-7,13-14,16H,8-11H2,1-2H3,(H,19,20). The van der Waals surface area contributed by atoms with E-state index in [4.69, 9.17) is 0 Å². The van der Waals surface area contributed by atoms with Crippen molar-refractivity contribution in [2.24, 2.45) is 0 Å². The normalized spacial score (nSPS) is 22.6. The predicted molar refractivity (Wildman–Crippen MR) is 78.7 cm³/mol. The molecule has 0 aliphatic carbocycles. The van der Waals surface area contributed by atoms with Crippen LogP contribution in [-0.4, -0.2) is 67.2 Å². The first kappa shape index (κ1) is 15.0. The molecule has 0 saturated carbocycles. The average molecular weight is 277 g/mol. The Hall–Kier alpha value is -1.43. The van der Waals surface area contributed by atoms with Gasteiger partial charge in [0, 0.05) is 32.2 Å². The van der Waals surface area contributed by atoms with E-state index in [1.165, 1.54) is 0 Å². The van der Waals surface area contributed by atoms with E-state index in [1.807, 2.05) is 30.3 Å². The largest absolute Gasteiger partial charge is 0.480 e. The number of rotatable bonds is 5. The van der Waals surface area contributed by atoms with Gasteiger partial charge in [0.05, 0.1) is 0 Å². The lowest BCUT2D eigenvalue weighted by molar-refractivity contribution is -0.139. The molecule has 1 aliphatic heterocycles. The minimum absolute atomic E-state index is 0.347. The van der Waals surface area contributed by atoms with E-state index >= 15 is 0 Å². The fourth-order valence-electron chi connectivity index (χ4n) is 2.57. The highest BCUT2D eigenvalue weighted by Gasteiger charge is 2.25. The molecule has 1 heterocycles. The molecule has 1 aromatic rings. The van der Waals surface area contributed by atoms with Gasteiger partial charge in [0.15, 0.2) is 0 Å². The second kappa shape index (κ2) is 6.83. The summed E-state index contributed by atoms with van der Waals surface area (Å²) in [5, 5.41) is 12.6. The number of hydrogen-bond acceptors (Lipinski definition) is 4. The topological polar surface area (TPSA) is 55.8 Å². The molecule has 0 amide bonds. The summed E-state index contributed by atoms with van der Waals surface area (Å²) >= 11 is 0. The smallest absolute Gasteiger partial charge is 0.325 e. The maximum atomic E-state index is 11.4. The van der Waals surface area contributed by atoms with E-state index in [0.717, 1.165) is 25.2 Å². The summed E-state index contributed by atoms with van der Waals surface area (Å²) in [6.45, 7) is 3.72. The van der Waals surface area contributed by atoms with Crippen LogP contribution in [0.2, 0.25) is 0 Å². The highest BCUT2D eigenvalue weighted by molar-refractivity contribution is 5.75. The van der Waals surface area contributed by atoms with Crippen molar-refractivity contribution < 1.29 is 9.90 Å². The van der Waals surface area contributed by atoms with Crippen LogP contribution in [0.1, 0.15) is 11.6 Å². The van der Waals surface area contributed by atoms with Gasteiger partial charge in [0.25, 0.3) is 0 Å². The Kier molecular flexibility index (Phi) is 5.11. The van der Waals surface area contributed by atoms with Crippen LogP contribution in [0.25, 0.3) is 0 Å². The first-order chi connectivity index (χ1) is 9.58. The first-order valence-corrected chi connectivity index (χ1v) is 6.98. The fourth-order valence-corrected chi connectivity index (χ4v) is 2.57. The van der Waals surface area contributed by atoms with Gasteiger partial charge in [0.2, 0.25) is 0 Å². The molecule has 2 N–H and O–H groups in total. The van der Waals surface area contributed by atoms with Crippen LogP contribution < -0.4 is 5.32 Å². The molecule has 1 saturated heterocycles. The molecular formula is C15H23N3O2. The molecular weight excluding hydrogens is 254 g/mol. The molecule has 0 aromatic heterocycles. The van der Waals surface area contributed by atoms with Gasteiger partial charge in [-0.2, -0.15) is 0 Å². The number of nitrogens with one attached hydrogen (secondary N) is 1.